The van der Waals surface area contributed by atoms with E-state index in [1.807, 2.05) is 44.2 Å². The van der Waals surface area contributed by atoms with Crippen molar-refractivity contribution < 1.29 is 19.1 Å². The largest absolute Gasteiger partial charge is 0.483 e. The van der Waals surface area contributed by atoms with Crippen molar-refractivity contribution in [3.05, 3.63) is 52.9 Å². The molecular formula is C22H22ClN7O4. The molecule has 1 aromatic carbocycles. The normalized spacial score (nSPS) is 16.9. The second kappa shape index (κ2) is 8.56. The van der Waals surface area contributed by atoms with Crippen LogP contribution in [0.15, 0.2) is 36.4 Å². The van der Waals surface area contributed by atoms with Gasteiger partial charge in [-0.05, 0) is 37.3 Å². The van der Waals surface area contributed by atoms with Crippen LogP contribution >= 0.6 is 11.6 Å². The number of hydrogen-bond donors (Lipinski definition) is 0. The van der Waals surface area contributed by atoms with Crippen LogP contribution in [0.4, 0.5) is 0 Å². The number of para-hydroxylation sites is 1. The maximum atomic E-state index is 13.2. The fraction of sp³-hybridized carbons (Fsp3) is 0.364. The van der Waals surface area contributed by atoms with Crippen LogP contribution in [-0.4, -0.2) is 85.2 Å². The Morgan fingerprint density at radius 1 is 1.06 bits per heavy atom. The first kappa shape index (κ1) is 22.1. The zero-order valence-electron chi connectivity index (χ0n) is 18.6. The van der Waals surface area contributed by atoms with Crippen molar-refractivity contribution in [2.75, 3.05) is 32.8 Å². The molecule has 2 aliphatic rings. The monoisotopic (exact) mass is 483 g/mol. The van der Waals surface area contributed by atoms with E-state index in [-0.39, 0.29) is 40.8 Å². The van der Waals surface area contributed by atoms with Crippen molar-refractivity contribution in [1.29, 1.82) is 0 Å². The van der Waals surface area contributed by atoms with Crippen LogP contribution in [0.1, 0.15) is 35.0 Å². The molecule has 1 saturated heterocycles. The van der Waals surface area contributed by atoms with E-state index in [1.165, 1.54) is 10.9 Å². The summed E-state index contributed by atoms with van der Waals surface area (Å²) in [5, 5.41) is 12.5. The van der Waals surface area contributed by atoms with Crippen LogP contribution in [-0.2, 0) is 0 Å². The molecule has 0 bridgehead atoms. The van der Waals surface area contributed by atoms with E-state index in [1.54, 1.807) is 9.80 Å². The molecule has 0 N–H and O–H groups in total. The molecule has 0 spiro atoms. The van der Waals surface area contributed by atoms with Crippen molar-refractivity contribution >= 4 is 23.4 Å². The number of nitrogens with zero attached hydrogens (tertiary/aromatic N) is 7. The van der Waals surface area contributed by atoms with Crippen LogP contribution in [0.3, 0.4) is 0 Å². The Hall–Kier alpha value is -3.73. The zero-order valence-corrected chi connectivity index (χ0v) is 19.4. The summed E-state index contributed by atoms with van der Waals surface area (Å²) in [6, 6.07) is 10.7. The first-order valence-electron chi connectivity index (χ1n) is 10.8. The second-order valence-corrected chi connectivity index (χ2v) is 8.96. The summed E-state index contributed by atoms with van der Waals surface area (Å²) in [5.41, 5.74) is 0.187. The van der Waals surface area contributed by atoms with Gasteiger partial charge in [0.15, 0.2) is 5.75 Å². The van der Waals surface area contributed by atoms with Crippen molar-refractivity contribution in [1.82, 2.24) is 35.0 Å². The van der Waals surface area contributed by atoms with Crippen LogP contribution in [0, 0.1) is 0 Å². The van der Waals surface area contributed by atoms with E-state index < -0.39 is 5.54 Å². The van der Waals surface area contributed by atoms with E-state index in [4.69, 9.17) is 21.1 Å². The molecule has 2 aromatic heterocycles. The third-order valence-electron chi connectivity index (χ3n) is 5.71. The summed E-state index contributed by atoms with van der Waals surface area (Å²) in [5.74, 6) is -0.0945. The summed E-state index contributed by atoms with van der Waals surface area (Å²) in [7, 11) is 0. The minimum absolute atomic E-state index is 0.00279. The number of benzene rings is 1. The minimum Gasteiger partial charge on any atom is -0.483 e. The molecule has 34 heavy (non-hydrogen) atoms. The molecule has 3 aromatic rings. The first-order valence-corrected chi connectivity index (χ1v) is 11.1. The Kier molecular flexibility index (Phi) is 5.56. The van der Waals surface area contributed by atoms with Gasteiger partial charge >= 0.3 is 0 Å². The highest BCUT2D eigenvalue weighted by atomic mass is 35.5. The van der Waals surface area contributed by atoms with Crippen LogP contribution in [0.5, 0.6) is 11.6 Å². The number of carbonyl (C=O) groups excluding carboxylic acids is 2. The van der Waals surface area contributed by atoms with Gasteiger partial charge in [0.25, 0.3) is 23.5 Å². The number of amides is 2. The number of halogens is 1. The number of piperazine rings is 1. The zero-order chi connectivity index (χ0) is 23.9. The molecule has 2 aliphatic heterocycles. The van der Waals surface area contributed by atoms with E-state index in [9.17, 15) is 9.59 Å². The predicted molar refractivity (Wildman–Crippen MR) is 120 cm³/mol. The van der Waals surface area contributed by atoms with E-state index in [2.05, 4.69) is 20.4 Å². The number of ether oxygens (including phenoxy) is 2. The van der Waals surface area contributed by atoms with E-state index >= 15 is 0 Å². The summed E-state index contributed by atoms with van der Waals surface area (Å²) in [4.78, 5) is 35.3. The van der Waals surface area contributed by atoms with Gasteiger partial charge in [0, 0.05) is 19.6 Å². The number of fused-ring (bicyclic) bond motifs is 1. The van der Waals surface area contributed by atoms with Gasteiger partial charge in [0.2, 0.25) is 0 Å². The fourth-order valence-electron chi connectivity index (χ4n) is 4.06. The predicted octanol–water partition coefficient (Wildman–Crippen LogP) is 1.86. The van der Waals surface area contributed by atoms with Crippen molar-refractivity contribution in [3.8, 4) is 17.3 Å². The van der Waals surface area contributed by atoms with Gasteiger partial charge in [-0.3, -0.25) is 9.59 Å². The Morgan fingerprint density at radius 2 is 1.82 bits per heavy atom. The summed E-state index contributed by atoms with van der Waals surface area (Å²) in [6.45, 7) is 5.39. The number of hydrogen-bond acceptors (Lipinski definition) is 8. The van der Waals surface area contributed by atoms with Crippen molar-refractivity contribution in [2.24, 2.45) is 0 Å². The highest BCUT2D eigenvalue weighted by Crippen LogP contribution is 2.36. The average Bonchev–Trinajstić information content (AvgIpc) is 3.33. The maximum absolute atomic E-state index is 13.2. The standard InChI is InChI=1S/C22H22ClN7O4/c1-22(2)13-28(20(31)16-12-15(23)17-19(24-16)34-11-10-33-17)8-9-29(22)21(32)18-25-27-30(26-18)14-6-4-3-5-7-14/h3-7,12H,8-11,13H2,1-2H3. The molecule has 12 heteroatoms. The molecular weight excluding hydrogens is 462 g/mol. The van der Waals surface area contributed by atoms with Gasteiger partial charge in [-0.25, -0.2) is 4.98 Å². The molecule has 176 valence electrons. The lowest BCUT2D eigenvalue weighted by Crippen LogP contribution is -2.62. The average molecular weight is 484 g/mol. The van der Waals surface area contributed by atoms with Gasteiger partial charge in [-0.2, -0.15) is 0 Å². The van der Waals surface area contributed by atoms with E-state index in [0.29, 0.717) is 37.7 Å². The van der Waals surface area contributed by atoms with E-state index in [0.717, 1.165) is 0 Å². The van der Waals surface area contributed by atoms with Gasteiger partial charge < -0.3 is 19.3 Å². The Labute approximate surface area is 200 Å². The second-order valence-electron chi connectivity index (χ2n) is 8.55. The molecule has 0 aliphatic carbocycles. The first-order chi connectivity index (χ1) is 16.3. The number of carbonyl (C=O) groups is 2. The molecule has 4 heterocycles. The van der Waals surface area contributed by atoms with Crippen molar-refractivity contribution in [2.45, 2.75) is 19.4 Å². The molecule has 2 amide bonds. The maximum Gasteiger partial charge on any atom is 0.296 e. The molecule has 11 nitrogen and oxygen atoms in total. The van der Waals surface area contributed by atoms with Crippen LogP contribution in [0.2, 0.25) is 5.02 Å². The third kappa shape index (κ3) is 4.03. The van der Waals surface area contributed by atoms with Crippen molar-refractivity contribution in [3.63, 3.8) is 0 Å². The quantitative estimate of drug-likeness (QED) is 0.554. The highest BCUT2D eigenvalue weighted by molar-refractivity contribution is 6.32. The number of rotatable bonds is 3. The van der Waals surface area contributed by atoms with Gasteiger partial charge in [0.05, 0.1) is 16.2 Å². The topological polar surface area (TPSA) is 116 Å². The number of tetrazole rings is 1. The van der Waals surface area contributed by atoms with Crippen LogP contribution in [0.25, 0.3) is 5.69 Å². The lowest BCUT2D eigenvalue weighted by atomic mass is 9.98. The number of pyridine rings is 1. The summed E-state index contributed by atoms with van der Waals surface area (Å²) < 4.78 is 11.0. The Bertz CT molecular complexity index is 1250. The van der Waals surface area contributed by atoms with Crippen LogP contribution < -0.4 is 9.47 Å². The molecule has 0 radical (unpaired) electrons. The number of aromatic nitrogens is 5. The smallest absolute Gasteiger partial charge is 0.296 e. The Morgan fingerprint density at radius 3 is 2.59 bits per heavy atom. The SMILES string of the molecule is CC1(C)CN(C(=O)c2cc(Cl)c3c(n2)OCCO3)CCN1C(=O)c1nnn(-c2ccccc2)n1. The lowest BCUT2D eigenvalue weighted by Gasteiger charge is -2.46. The Balaban J connectivity index is 1.31. The van der Waals surface area contributed by atoms with Gasteiger partial charge in [-0.15, -0.1) is 15.0 Å². The lowest BCUT2D eigenvalue weighted by molar-refractivity contribution is 0.0157. The third-order valence-corrected chi connectivity index (χ3v) is 5.99. The summed E-state index contributed by atoms with van der Waals surface area (Å²) in [6.07, 6.45) is 0. The molecule has 0 unspecified atom stereocenters. The van der Waals surface area contributed by atoms with Gasteiger partial charge in [-0.1, -0.05) is 29.8 Å². The molecule has 0 saturated carbocycles. The highest BCUT2D eigenvalue weighted by Gasteiger charge is 2.40. The molecule has 5 rings (SSSR count). The molecule has 0 atom stereocenters. The molecule has 1 fully saturated rings. The summed E-state index contributed by atoms with van der Waals surface area (Å²) >= 11 is 6.27. The fourth-order valence-corrected chi connectivity index (χ4v) is 4.30. The van der Waals surface area contributed by atoms with Gasteiger partial charge in [0.1, 0.15) is 18.9 Å². The minimum atomic E-state index is -0.680.